The number of benzene rings is 4. The number of hydrogen-bond donors (Lipinski definition) is 0. The van der Waals surface area contributed by atoms with Crippen LogP contribution in [0.25, 0.3) is 22.3 Å². The van der Waals surface area contributed by atoms with Crippen molar-refractivity contribution in [2.24, 2.45) is 9.98 Å². The predicted octanol–water partition coefficient (Wildman–Crippen LogP) is 9.92. The van der Waals surface area contributed by atoms with Gasteiger partial charge in [-0.1, -0.05) is 148 Å². The molecule has 0 atom stereocenters. The summed E-state index contributed by atoms with van der Waals surface area (Å²) < 4.78 is 0. The highest BCUT2D eigenvalue weighted by molar-refractivity contribution is 6.25. The molecular weight excluding hydrogens is 484 g/mol. The first kappa shape index (κ1) is 26.4. The average molecular weight is 525 g/mol. The molecule has 2 nitrogen and oxygen atoms in total. The molecule has 202 valence electrons. The Morgan fingerprint density at radius 2 is 0.500 bits per heavy atom. The summed E-state index contributed by atoms with van der Waals surface area (Å²) in [6.45, 7) is 1.86. The molecule has 0 unspecified atom stereocenters. The number of nitrogens with zero attached hydrogens (tertiary/aromatic N) is 2. The minimum Gasteiger partial charge on any atom is -0.284 e. The molecule has 2 heteroatoms. The molecule has 0 bridgehead atoms. The van der Waals surface area contributed by atoms with Crippen molar-refractivity contribution in [1.29, 1.82) is 0 Å². The molecule has 0 spiro atoms. The van der Waals surface area contributed by atoms with Gasteiger partial charge in [0.1, 0.15) is 0 Å². The quantitative estimate of drug-likeness (QED) is 0.134. The van der Waals surface area contributed by atoms with Gasteiger partial charge in [0.2, 0.25) is 0 Å². The normalized spacial score (nSPS) is 12.6. The number of aliphatic imine (C=N–C) groups is 2. The van der Waals surface area contributed by atoms with Gasteiger partial charge in [0.25, 0.3) is 0 Å². The van der Waals surface area contributed by atoms with Crippen LogP contribution in [0.3, 0.4) is 0 Å². The lowest BCUT2D eigenvalue weighted by Crippen LogP contribution is -2.00. The van der Waals surface area contributed by atoms with Crippen LogP contribution in [0, 0.1) is 0 Å². The molecule has 0 saturated heterocycles. The molecule has 0 radical (unpaired) electrons. The Morgan fingerprint density at radius 3 is 0.775 bits per heavy atom. The SMILES string of the molecule is c1ccc2c(c1)C(=NCCCCCCCCCCCCN=C1c3ccccc3-c3ccccc31)c1ccccc1-2. The fourth-order valence-corrected chi connectivity index (χ4v) is 6.35. The molecule has 2 aliphatic rings. The van der Waals surface area contributed by atoms with Crippen LogP contribution in [0.4, 0.5) is 0 Å². The van der Waals surface area contributed by atoms with Gasteiger partial charge in [-0.2, -0.15) is 0 Å². The first-order valence-corrected chi connectivity index (χ1v) is 15.4. The molecule has 0 aromatic heterocycles. The summed E-state index contributed by atoms with van der Waals surface area (Å²) >= 11 is 0. The summed E-state index contributed by atoms with van der Waals surface area (Å²) in [6.07, 6.45) is 13.0. The number of fused-ring (bicyclic) bond motifs is 6. The van der Waals surface area contributed by atoms with Gasteiger partial charge in [-0.05, 0) is 35.1 Å². The Kier molecular flexibility index (Phi) is 8.63. The minimum absolute atomic E-state index is 0.930. The summed E-state index contributed by atoms with van der Waals surface area (Å²) in [6, 6.07) is 34.8. The van der Waals surface area contributed by atoms with Gasteiger partial charge in [0.15, 0.2) is 0 Å². The van der Waals surface area contributed by atoms with Gasteiger partial charge < -0.3 is 0 Å². The van der Waals surface area contributed by atoms with Crippen LogP contribution in [0.5, 0.6) is 0 Å². The molecule has 0 aliphatic heterocycles. The summed E-state index contributed by atoms with van der Waals surface area (Å²) in [5.74, 6) is 0. The lowest BCUT2D eigenvalue weighted by molar-refractivity contribution is 0.555. The summed E-state index contributed by atoms with van der Waals surface area (Å²) in [5.41, 5.74) is 12.9. The molecule has 0 fully saturated rings. The topological polar surface area (TPSA) is 24.7 Å². The largest absolute Gasteiger partial charge is 0.284 e. The fourth-order valence-electron chi connectivity index (χ4n) is 6.35. The van der Waals surface area contributed by atoms with E-state index in [1.807, 2.05) is 0 Å². The van der Waals surface area contributed by atoms with Crippen LogP contribution in [-0.4, -0.2) is 24.5 Å². The zero-order chi connectivity index (χ0) is 27.0. The van der Waals surface area contributed by atoms with E-state index in [-0.39, 0.29) is 0 Å². The highest BCUT2D eigenvalue weighted by Gasteiger charge is 2.24. The van der Waals surface area contributed by atoms with Crippen LogP contribution in [0.1, 0.15) is 86.5 Å². The second-order valence-electron chi connectivity index (χ2n) is 11.2. The first-order chi connectivity index (χ1) is 19.9. The Labute approximate surface area is 239 Å². The lowest BCUT2D eigenvalue weighted by atomic mass is 10.1. The van der Waals surface area contributed by atoms with Crippen LogP contribution in [0.2, 0.25) is 0 Å². The first-order valence-electron chi connectivity index (χ1n) is 15.4. The maximum absolute atomic E-state index is 5.04. The van der Waals surface area contributed by atoms with E-state index in [0.717, 1.165) is 13.1 Å². The summed E-state index contributed by atoms with van der Waals surface area (Å²) in [7, 11) is 0. The highest BCUT2D eigenvalue weighted by atomic mass is 14.7. The zero-order valence-electron chi connectivity index (χ0n) is 23.6. The van der Waals surface area contributed by atoms with Crippen LogP contribution in [0.15, 0.2) is 107 Å². The number of hydrogen-bond acceptors (Lipinski definition) is 2. The van der Waals surface area contributed by atoms with E-state index >= 15 is 0 Å². The van der Waals surface area contributed by atoms with Gasteiger partial charge in [0.05, 0.1) is 11.4 Å². The van der Waals surface area contributed by atoms with Crippen molar-refractivity contribution in [3.05, 3.63) is 119 Å². The van der Waals surface area contributed by atoms with Gasteiger partial charge in [0, 0.05) is 35.3 Å². The molecule has 2 aliphatic carbocycles. The molecule has 0 amide bonds. The second-order valence-corrected chi connectivity index (χ2v) is 11.2. The molecule has 0 N–H and O–H groups in total. The van der Waals surface area contributed by atoms with Gasteiger partial charge in [-0.25, -0.2) is 0 Å². The van der Waals surface area contributed by atoms with Crippen LogP contribution >= 0.6 is 0 Å². The van der Waals surface area contributed by atoms with Crippen LogP contribution < -0.4 is 0 Å². The van der Waals surface area contributed by atoms with Gasteiger partial charge in [-0.15, -0.1) is 0 Å². The highest BCUT2D eigenvalue weighted by Crippen LogP contribution is 2.37. The summed E-state index contributed by atoms with van der Waals surface area (Å²) in [4.78, 5) is 10.1. The van der Waals surface area contributed by atoms with E-state index in [2.05, 4.69) is 97.1 Å². The minimum atomic E-state index is 0.930. The monoisotopic (exact) mass is 524 g/mol. The van der Waals surface area contributed by atoms with E-state index in [0.29, 0.717) is 0 Å². The third-order valence-electron chi connectivity index (χ3n) is 8.42. The van der Waals surface area contributed by atoms with Crippen molar-refractivity contribution >= 4 is 11.4 Å². The maximum Gasteiger partial charge on any atom is 0.0731 e. The predicted molar refractivity (Wildman–Crippen MR) is 171 cm³/mol. The van der Waals surface area contributed by atoms with E-state index in [4.69, 9.17) is 9.98 Å². The van der Waals surface area contributed by atoms with E-state index in [9.17, 15) is 0 Å². The average Bonchev–Trinajstić information content (AvgIpc) is 3.50. The molecule has 6 rings (SSSR count). The Morgan fingerprint density at radius 1 is 0.275 bits per heavy atom. The van der Waals surface area contributed by atoms with E-state index < -0.39 is 0 Å². The Balaban J connectivity index is 0.839. The van der Waals surface area contributed by atoms with Crippen molar-refractivity contribution < 1.29 is 0 Å². The number of rotatable bonds is 13. The second kappa shape index (κ2) is 13.0. The van der Waals surface area contributed by atoms with Gasteiger partial charge in [-0.3, -0.25) is 9.98 Å². The summed E-state index contributed by atoms with van der Waals surface area (Å²) in [5, 5.41) is 0. The van der Waals surface area contributed by atoms with Crippen molar-refractivity contribution in [3.63, 3.8) is 0 Å². The number of unbranched alkanes of at least 4 members (excludes halogenated alkanes) is 9. The van der Waals surface area contributed by atoms with Gasteiger partial charge >= 0.3 is 0 Å². The molecule has 0 saturated carbocycles. The Hall–Kier alpha value is -3.78. The molecule has 0 heterocycles. The van der Waals surface area contributed by atoms with Crippen molar-refractivity contribution in [3.8, 4) is 22.3 Å². The van der Waals surface area contributed by atoms with Crippen molar-refractivity contribution in [2.45, 2.75) is 64.2 Å². The lowest BCUT2D eigenvalue weighted by Gasteiger charge is -2.04. The fraction of sp³-hybridized carbons (Fsp3) is 0.316. The third-order valence-corrected chi connectivity index (χ3v) is 8.42. The smallest absolute Gasteiger partial charge is 0.0731 e. The maximum atomic E-state index is 5.04. The van der Waals surface area contributed by atoms with Crippen molar-refractivity contribution in [1.82, 2.24) is 0 Å². The zero-order valence-corrected chi connectivity index (χ0v) is 23.6. The third kappa shape index (κ3) is 5.72. The molecular formula is C38H40N2. The Bertz CT molecular complexity index is 1300. The molecule has 40 heavy (non-hydrogen) atoms. The molecule has 4 aromatic carbocycles. The van der Waals surface area contributed by atoms with Crippen molar-refractivity contribution in [2.75, 3.05) is 13.1 Å². The van der Waals surface area contributed by atoms with Crippen LogP contribution in [-0.2, 0) is 0 Å². The standard InChI is InChI=1S/C38H40N2/c1(3-5-7-17-27-39-37-33-23-13-9-19-29(33)30-20-10-14-24-34(30)37)2-4-6-8-18-28-40-38-35-25-15-11-21-31(35)32-22-12-16-26-36(32)38/h9-16,19-26H,1-8,17-18,27-28H2. The van der Waals surface area contributed by atoms with E-state index in [1.54, 1.807) is 0 Å². The van der Waals surface area contributed by atoms with E-state index in [1.165, 1.54) is 120 Å². The molecule has 4 aromatic rings.